The maximum Gasteiger partial charge on any atom is 0.390 e. The predicted octanol–water partition coefficient (Wildman–Crippen LogP) is 1.69. The molecule has 1 N–H and O–H groups in total. The van der Waals surface area contributed by atoms with Gasteiger partial charge in [-0.25, -0.2) is 0 Å². The van der Waals surface area contributed by atoms with Crippen LogP contribution >= 0.6 is 0 Å². The quantitative estimate of drug-likeness (QED) is 0.604. The lowest BCUT2D eigenvalue weighted by Gasteiger charge is -2.11. The van der Waals surface area contributed by atoms with E-state index in [1.807, 2.05) is 0 Å². The van der Waals surface area contributed by atoms with Gasteiger partial charge in [-0.2, -0.15) is 13.2 Å². The molecule has 0 radical (unpaired) electrons. The van der Waals surface area contributed by atoms with Crippen molar-refractivity contribution in [1.82, 2.24) is 5.32 Å². The van der Waals surface area contributed by atoms with Crippen LogP contribution in [-0.4, -0.2) is 18.8 Å². The topological polar surface area (TPSA) is 12.0 Å². The summed E-state index contributed by atoms with van der Waals surface area (Å²) < 4.78 is 35.0. The Labute approximate surface area is 57.6 Å². The molecule has 0 aromatic rings. The Balaban J connectivity index is 2.24. The number of halogens is 3. The lowest BCUT2D eigenvalue weighted by molar-refractivity contribution is -0.139. The molecule has 0 amide bonds. The van der Waals surface area contributed by atoms with Gasteiger partial charge in [-0.15, -0.1) is 0 Å². The van der Waals surface area contributed by atoms with Crippen LogP contribution in [0.2, 0.25) is 0 Å². The maximum atomic E-state index is 11.7. The van der Waals surface area contributed by atoms with E-state index in [1.54, 1.807) is 0 Å². The van der Waals surface area contributed by atoms with Gasteiger partial charge < -0.3 is 5.32 Å². The molecule has 0 saturated carbocycles. The first-order valence-corrected chi connectivity index (χ1v) is 3.38. The van der Waals surface area contributed by atoms with Gasteiger partial charge in [0, 0.05) is 6.04 Å². The van der Waals surface area contributed by atoms with Crippen molar-refractivity contribution < 1.29 is 13.2 Å². The molecule has 0 aromatic carbocycles. The van der Waals surface area contributed by atoms with Gasteiger partial charge in [0.05, 0.1) is 6.42 Å². The average Bonchev–Trinajstić information content (AvgIpc) is 2.12. The van der Waals surface area contributed by atoms with E-state index in [-0.39, 0.29) is 6.04 Å². The summed E-state index contributed by atoms with van der Waals surface area (Å²) in [5, 5.41) is 2.79. The van der Waals surface area contributed by atoms with Gasteiger partial charge >= 0.3 is 6.18 Å². The van der Waals surface area contributed by atoms with Gasteiger partial charge in [0.1, 0.15) is 0 Å². The summed E-state index contributed by atoms with van der Waals surface area (Å²) >= 11 is 0. The van der Waals surface area contributed by atoms with Crippen LogP contribution in [0.15, 0.2) is 0 Å². The van der Waals surface area contributed by atoms with Crippen molar-refractivity contribution >= 4 is 0 Å². The Kier molecular flexibility index (Phi) is 2.18. The molecule has 0 aromatic heterocycles. The van der Waals surface area contributed by atoms with Crippen LogP contribution < -0.4 is 5.32 Å². The Morgan fingerprint density at radius 1 is 1.40 bits per heavy atom. The van der Waals surface area contributed by atoms with Crippen molar-refractivity contribution in [3.63, 3.8) is 0 Å². The molecule has 0 spiro atoms. The van der Waals surface area contributed by atoms with Crippen LogP contribution in [0.1, 0.15) is 19.3 Å². The van der Waals surface area contributed by atoms with Crippen LogP contribution in [0.25, 0.3) is 0 Å². The highest BCUT2D eigenvalue weighted by molar-refractivity contribution is 4.76. The minimum atomic E-state index is -4.00. The molecule has 4 heteroatoms. The number of hydrogen-bond acceptors (Lipinski definition) is 1. The Bertz CT molecular complexity index is 104. The molecule has 1 aliphatic heterocycles. The zero-order chi connectivity index (χ0) is 7.61. The van der Waals surface area contributed by atoms with E-state index in [2.05, 4.69) is 5.32 Å². The minimum absolute atomic E-state index is 0.319. The fraction of sp³-hybridized carbons (Fsp3) is 1.00. The summed E-state index contributed by atoms with van der Waals surface area (Å²) in [6.45, 7) is 0.737. The lowest BCUT2D eigenvalue weighted by Crippen LogP contribution is -2.27. The van der Waals surface area contributed by atoms with Crippen LogP contribution in [0, 0.1) is 0 Å². The Morgan fingerprint density at radius 2 is 2.10 bits per heavy atom. The average molecular weight is 153 g/mol. The smallest absolute Gasteiger partial charge is 0.314 e. The van der Waals surface area contributed by atoms with Crippen LogP contribution in [0.3, 0.4) is 0 Å². The molecular formula is C6H10F3N. The standard InChI is InChI=1S/C6H10F3N/c7-6(8,9)4-5-2-1-3-10-5/h5,10H,1-4H2/t5-/m1/s1. The van der Waals surface area contributed by atoms with E-state index >= 15 is 0 Å². The van der Waals surface area contributed by atoms with Crippen molar-refractivity contribution in [3.8, 4) is 0 Å². The minimum Gasteiger partial charge on any atom is -0.314 e. The first kappa shape index (κ1) is 7.85. The summed E-state index contributed by atoms with van der Waals surface area (Å²) in [6, 6.07) is -0.319. The number of hydrogen-bond donors (Lipinski definition) is 1. The highest BCUT2D eigenvalue weighted by Crippen LogP contribution is 2.24. The molecule has 1 rings (SSSR count). The molecule has 0 aliphatic carbocycles. The summed E-state index contributed by atoms with van der Waals surface area (Å²) in [5.41, 5.74) is 0. The van der Waals surface area contributed by atoms with Crippen molar-refractivity contribution in [1.29, 1.82) is 0 Å². The number of alkyl halides is 3. The summed E-state index contributed by atoms with van der Waals surface area (Å²) in [4.78, 5) is 0. The second-order valence-corrected chi connectivity index (χ2v) is 2.61. The normalized spacial score (nSPS) is 27.3. The van der Waals surface area contributed by atoms with Crippen LogP contribution in [0.5, 0.6) is 0 Å². The van der Waals surface area contributed by atoms with Crippen molar-refractivity contribution in [2.75, 3.05) is 6.54 Å². The Morgan fingerprint density at radius 3 is 2.50 bits per heavy atom. The van der Waals surface area contributed by atoms with Crippen molar-refractivity contribution in [2.45, 2.75) is 31.5 Å². The van der Waals surface area contributed by atoms with E-state index in [0.29, 0.717) is 6.42 Å². The number of rotatable bonds is 1. The molecule has 0 bridgehead atoms. The number of nitrogens with one attached hydrogen (secondary N) is 1. The molecule has 60 valence electrons. The van der Waals surface area contributed by atoms with Gasteiger partial charge in [0.2, 0.25) is 0 Å². The highest BCUT2D eigenvalue weighted by atomic mass is 19.4. The first-order valence-electron chi connectivity index (χ1n) is 3.38. The van der Waals surface area contributed by atoms with E-state index < -0.39 is 12.6 Å². The molecule has 0 unspecified atom stereocenters. The largest absolute Gasteiger partial charge is 0.390 e. The third-order valence-electron chi connectivity index (χ3n) is 1.64. The lowest BCUT2D eigenvalue weighted by atomic mass is 10.1. The fourth-order valence-electron chi connectivity index (χ4n) is 1.21. The second-order valence-electron chi connectivity index (χ2n) is 2.61. The Hall–Kier alpha value is -0.250. The molecule has 1 nitrogen and oxygen atoms in total. The zero-order valence-electron chi connectivity index (χ0n) is 5.54. The molecule has 1 fully saturated rings. The maximum absolute atomic E-state index is 11.7. The van der Waals surface area contributed by atoms with Crippen molar-refractivity contribution in [3.05, 3.63) is 0 Å². The summed E-state index contributed by atoms with van der Waals surface area (Å²) in [5.74, 6) is 0. The highest BCUT2D eigenvalue weighted by Gasteiger charge is 2.32. The van der Waals surface area contributed by atoms with Crippen LogP contribution in [0.4, 0.5) is 13.2 Å². The fourth-order valence-corrected chi connectivity index (χ4v) is 1.21. The summed E-state index contributed by atoms with van der Waals surface area (Å²) in [7, 11) is 0. The molecule has 1 heterocycles. The van der Waals surface area contributed by atoms with Crippen molar-refractivity contribution in [2.24, 2.45) is 0 Å². The molecule has 1 atom stereocenters. The second kappa shape index (κ2) is 2.78. The van der Waals surface area contributed by atoms with Gasteiger partial charge in [-0.05, 0) is 19.4 Å². The van der Waals surface area contributed by atoms with E-state index in [1.165, 1.54) is 0 Å². The van der Waals surface area contributed by atoms with Crippen LogP contribution in [-0.2, 0) is 0 Å². The van der Waals surface area contributed by atoms with Gasteiger partial charge in [-0.1, -0.05) is 0 Å². The molecule has 10 heavy (non-hydrogen) atoms. The summed E-state index contributed by atoms with van der Waals surface area (Å²) in [6.07, 6.45) is -3.13. The van der Waals surface area contributed by atoms with E-state index in [9.17, 15) is 13.2 Å². The first-order chi connectivity index (χ1) is 4.58. The molecular weight excluding hydrogens is 143 g/mol. The van der Waals surface area contributed by atoms with Gasteiger partial charge in [0.15, 0.2) is 0 Å². The predicted molar refractivity (Wildman–Crippen MR) is 31.7 cm³/mol. The monoisotopic (exact) mass is 153 g/mol. The molecule has 1 aliphatic rings. The zero-order valence-corrected chi connectivity index (χ0v) is 5.54. The van der Waals surface area contributed by atoms with Gasteiger partial charge in [-0.3, -0.25) is 0 Å². The third-order valence-corrected chi connectivity index (χ3v) is 1.64. The van der Waals surface area contributed by atoms with E-state index in [0.717, 1.165) is 13.0 Å². The third kappa shape index (κ3) is 2.56. The van der Waals surface area contributed by atoms with Gasteiger partial charge in [0.25, 0.3) is 0 Å². The van der Waals surface area contributed by atoms with E-state index in [4.69, 9.17) is 0 Å². The molecule has 1 saturated heterocycles. The SMILES string of the molecule is FC(F)(F)C[C@H]1CCCN1.